The molecule has 0 N–H and O–H groups in total. The van der Waals surface area contributed by atoms with Crippen molar-refractivity contribution in [3.63, 3.8) is 0 Å². The number of aromatic nitrogens is 1. The largest absolute Gasteiger partial charge is 0.261 e. The van der Waals surface area contributed by atoms with E-state index >= 15 is 0 Å². The minimum absolute atomic E-state index is 0.833. The van der Waals surface area contributed by atoms with Crippen LogP contribution in [0.15, 0.2) is 12.3 Å². The van der Waals surface area contributed by atoms with E-state index in [1.807, 2.05) is 13.1 Å². The Balaban J connectivity index is 0. The molecule has 0 amide bonds. The number of hydrogen-bond acceptors (Lipinski definition) is 1. The molecule has 0 saturated carbocycles. The van der Waals surface area contributed by atoms with E-state index in [1.54, 1.807) is 0 Å². The van der Waals surface area contributed by atoms with E-state index in [0.29, 0.717) is 0 Å². The average molecular weight is 237 g/mol. The topological polar surface area (TPSA) is 12.9 Å². The lowest BCUT2D eigenvalue weighted by atomic mass is 10.1. The first-order chi connectivity index (χ1) is 7.88. The third-order valence-corrected chi connectivity index (χ3v) is 1.73. The standard InChI is InChI=1S/C9H13N.C4H10.C3H8/c1-4-9-5-8(3)10-6-7(9)2;1-4(2)3;1-3-2/h5-6H,4H2,1-3H3;4H,1-3H3;3H2,1-2H3. The molecule has 0 aromatic carbocycles. The van der Waals surface area contributed by atoms with E-state index in [9.17, 15) is 0 Å². The van der Waals surface area contributed by atoms with Gasteiger partial charge in [-0.15, -0.1) is 0 Å². The number of nitrogens with zero attached hydrogens (tertiary/aromatic N) is 1. The summed E-state index contributed by atoms with van der Waals surface area (Å²) in [5, 5.41) is 0. The Hall–Kier alpha value is -0.850. The fourth-order valence-corrected chi connectivity index (χ4v) is 1.07. The Morgan fingerprint density at radius 2 is 1.47 bits per heavy atom. The van der Waals surface area contributed by atoms with Gasteiger partial charge in [-0.3, -0.25) is 4.98 Å². The van der Waals surface area contributed by atoms with Crippen molar-refractivity contribution in [2.45, 2.75) is 68.2 Å². The van der Waals surface area contributed by atoms with Gasteiger partial charge >= 0.3 is 0 Å². The van der Waals surface area contributed by atoms with Gasteiger partial charge in [0.05, 0.1) is 0 Å². The minimum atomic E-state index is 0.833. The van der Waals surface area contributed by atoms with Crippen molar-refractivity contribution < 1.29 is 0 Å². The summed E-state index contributed by atoms with van der Waals surface area (Å²) in [5.74, 6) is 0.833. The van der Waals surface area contributed by atoms with Gasteiger partial charge in [-0.2, -0.15) is 0 Å². The zero-order valence-electron chi connectivity index (χ0n) is 13.1. The molecule has 1 heterocycles. The molecule has 0 aliphatic carbocycles. The highest BCUT2D eigenvalue weighted by Gasteiger charge is 1.94. The van der Waals surface area contributed by atoms with E-state index in [4.69, 9.17) is 0 Å². The lowest BCUT2D eigenvalue weighted by Gasteiger charge is -2.01. The van der Waals surface area contributed by atoms with Gasteiger partial charge in [0.2, 0.25) is 0 Å². The highest BCUT2D eigenvalue weighted by Crippen LogP contribution is 2.07. The van der Waals surface area contributed by atoms with Gasteiger partial charge in [0.1, 0.15) is 0 Å². The molecule has 1 heteroatoms. The monoisotopic (exact) mass is 237 g/mol. The summed E-state index contributed by atoms with van der Waals surface area (Å²) in [6.07, 6.45) is 4.30. The van der Waals surface area contributed by atoms with Crippen LogP contribution in [0.2, 0.25) is 0 Å². The van der Waals surface area contributed by atoms with Crippen LogP contribution < -0.4 is 0 Å². The van der Waals surface area contributed by atoms with Crippen LogP contribution in [0.4, 0.5) is 0 Å². The Morgan fingerprint density at radius 1 is 1.06 bits per heavy atom. The molecule has 0 unspecified atom stereocenters. The van der Waals surface area contributed by atoms with Gasteiger partial charge in [0.15, 0.2) is 0 Å². The van der Waals surface area contributed by atoms with Gasteiger partial charge in [-0.1, -0.05) is 48.0 Å². The maximum absolute atomic E-state index is 4.19. The summed E-state index contributed by atoms with van der Waals surface area (Å²) in [6.45, 7) is 17.0. The highest BCUT2D eigenvalue weighted by atomic mass is 14.7. The van der Waals surface area contributed by atoms with Crippen molar-refractivity contribution in [2.24, 2.45) is 5.92 Å². The lowest BCUT2D eigenvalue weighted by molar-refractivity contribution is 0.737. The summed E-state index contributed by atoms with van der Waals surface area (Å²) >= 11 is 0. The van der Waals surface area contributed by atoms with Crippen molar-refractivity contribution in [2.75, 3.05) is 0 Å². The van der Waals surface area contributed by atoms with Crippen molar-refractivity contribution >= 4 is 0 Å². The molecular formula is C16H31N. The summed E-state index contributed by atoms with van der Waals surface area (Å²) < 4.78 is 0. The fourth-order valence-electron chi connectivity index (χ4n) is 1.07. The molecule has 0 bridgehead atoms. The SMILES string of the molecule is CC(C)C.CCC.CCc1cc(C)ncc1C. The summed E-state index contributed by atoms with van der Waals surface area (Å²) in [5.41, 5.74) is 3.82. The van der Waals surface area contributed by atoms with E-state index in [1.165, 1.54) is 17.5 Å². The number of pyridine rings is 1. The quantitative estimate of drug-likeness (QED) is 0.642. The molecule has 100 valence electrons. The molecule has 1 nitrogen and oxygen atoms in total. The smallest absolute Gasteiger partial charge is 0.0375 e. The number of rotatable bonds is 1. The molecule has 0 atom stereocenters. The Morgan fingerprint density at radius 3 is 1.76 bits per heavy atom. The van der Waals surface area contributed by atoms with Gasteiger partial charge in [-0.05, 0) is 43.4 Å². The summed E-state index contributed by atoms with van der Waals surface area (Å²) in [4.78, 5) is 4.19. The van der Waals surface area contributed by atoms with E-state index < -0.39 is 0 Å². The van der Waals surface area contributed by atoms with Gasteiger partial charge in [-0.25, -0.2) is 0 Å². The lowest BCUT2D eigenvalue weighted by Crippen LogP contribution is -1.89. The van der Waals surface area contributed by atoms with Crippen molar-refractivity contribution in [1.82, 2.24) is 4.98 Å². The second-order valence-corrected chi connectivity index (χ2v) is 5.04. The first-order valence-corrected chi connectivity index (χ1v) is 6.80. The first kappa shape index (κ1) is 18.5. The van der Waals surface area contributed by atoms with Gasteiger partial charge < -0.3 is 0 Å². The fraction of sp³-hybridized carbons (Fsp3) is 0.688. The molecule has 1 rings (SSSR count). The van der Waals surface area contributed by atoms with Crippen LogP contribution in [-0.2, 0) is 6.42 Å². The Bertz CT molecular complexity index is 274. The molecule has 0 aliphatic rings. The van der Waals surface area contributed by atoms with E-state index in [-0.39, 0.29) is 0 Å². The summed E-state index contributed by atoms with van der Waals surface area (Å²) in [6, 6.07) is 2.15. The molecule has 0 saturated heterocycles. The van der Waals surface area contributed by atoms with E-state index in [2.05, 4.69) is 59.5 Å². The molecule has 0 aliphatic heterocycles. The van der Waals surface area contributed by atoms with Crippen molar-refractivity contribution in [3.8, 4) is 0 Å². The second-order valence-electron chi connectivity index (χ2n) is 5.04. The van der Waals surface area contributed by atoms with Crippen LogP contribution in [0, 0.1) is 19.8 Å². The minimum Gasteiger partial charge on any atom is -0.261 e. The highest BCUT2D eigenvalue weighted by molar-refractivity contribution is 5.24. The summed E-state index contributed by atoms with van der Waals surface area (Å²) in [7, 11) is 0. The Kier molecular flexibility index (Phi) is 12.7. The molecule has 0 radical (unpaired) electrons. The third-order valence-electron chi connectivity index (χ3n) is 1.73. The molecule has 1 aromatic heterocycles. The van der Waals surface area contributed by atoms with Crippen LogP contribution in [0.25, 0.3) is 0 Å². The zero-order valence-corrected chi connectivity index (χ0v) is 13.1. The van der Waals surface area contributed by atoms with Gasteiger partial charge in [0.25, 0.3) is 0 Å². The van der Waals surface area contributed by atoms with Crippen LogP contribution in [0.1, 0.15) is 64.8 Å². The van der Waals surface area contributed by atoms with Gasteiger partial charge in [0, 0.05) is 11.9 Å². The third kappa shape index (κ3) is 13.1. The van der Waals surface area contributed by atoms with Crippen molar-refractivity contribution in [1.29, 1.82) is 0 Å². The maximum atomic E-state index is 4.19. The molecule has 0 spiro atoms. The Labute approximate surface area is 109 Å². The zero-order chi connectivity index (χ0) is 13.8. The average Bonchev–Trinajstić information content (AvgIpc) is 2.22. The van der Waals surface area contributed by atoms with Crippen LogP contribution in [-0.4, -0.2) is 4.98 Å². The second kappa shape index (κ2) is 11.6. The van der Waals surface area contributed by atoms with Crippen molar-refractivity contribution in [3.05, 3.63) is 29.1 Å². The van der Waals surface area contributed by atoms with Crippen LogP contribution >= 0.6 is 0 Å². The van der Waals surface area contributed by atoms with Crippen LogP contribution in [0.3, 0.4) is 0 Å². The number of aryl methyl sites for hydroxylation is 3. The molecule has 1 aromatic rings. The van der Waals surface area contributed by atoms with E-state index in [0.717, 1.165) is 18.0 Å². The predicted octanol–water partition coefficient (Wildman–Crippen LogP) is 5.34. The number of hydrogen-bond donors (Lipinski definition) is 0. The first-order valence-electron chi connectivity index (χ1n) is 6.80. The maximum Gasteiger partial charge on any atom is 0.0375 e. The predicted molar refractivity (Wildman–Crippen MR) is 79.6 cm³/mol. The molecule has 0 fully saturated rings. The normalized spacial score (nSPS) is 9.00. The molecular weight excluding hydrogens is 206 g/mol. The molecule has 17 heavy (non-hydrogen) atoms. The van der Waals surface area contributed by atoms with Crippen LogP contribution in [0.5, 0.6) is 0 Å².